The topological polar surface area (TPSA) is 26.0 Å². The molecule has 0 spiro atoms. The van der Waals surface area contributed by atoms with Crippen molar-refractivity contribution in [1.82, 2.24) is 0 Å². The molecular weight excluding hydrogens is 310 g/mol. The third-order valence-corrected chi connectivity index (χ3v) is 4.11. The van der Waals surface area contributed by atoms with E-state index in [9.17, 15) is 0 Å². The van der Waals surface area contributed by atoms with Crippen molar-refractivity contribution in [1.29, 1.82) is 0 Å². The average molecular weight is 330 g/mol. The van der Waals surface area contributed by atoms with Crippen LogP contribution in [0.25, 0.3) is 0 Å². The molecule has 2 rings (SSSR count). The Morgan fingerprint density at radius 3 is 2.30 bits per heavy atom. The quantitative estimate of drug-likeness (QED) is 0.765. The highest BCUT2D eigenvalue weighted by Crippen LogP contribution is 2.24. The highest BCUT2D eigenvalue weighted by molar-refractivity contribution is 9.10. The SMILES string of the molecule is C=C[C@H](c1ccc(Br)cc1)[C@@H](N)CCc1ccccc1. The van der Waals surface area contributed by atoms with Gasteiger partial charge in [0.1, 0.15) is 0 Å². The second kappa shape index (κ2) is 7.41. The second-order valence-electron chi connectivity index (χ2n) is 5.00. The van der Waals surface area contributed by atoms with Crippen LogP contribution in [0, 0.1) is 0 Å². The molecule has 0 aliphatic carbocycles. The Balaban J connectivity index is 2.00. The van der Waals surface area contributed by atoms with E-state index in [0.29, 0.717) is 0 Å². The summed E-state index contributed by atoms with van der Waals surface area (Å²) in [4.78, 5) is 0. The second-order valence-corrected chi connectivity index (χ2v) is 5.92. The van der Waals surface area contributed by atoms with E-state index in [4.69, 9.17) is 5.73 Å². The fraction of sp³-hybridized carbons (Fsp3) is 0.222. The Bertz CT molecular complexity index is 533. The molecule has 0 amide bonds. The number of aryl methyl sites for hydroxylation is 1. The minimum absolute atomic E-state index is 0.0916. The van der Waals surface area contributed by atoms with E-state index in [1.165, 1.54) is 11.1 Å². The Morgan fingerprint density at radius 2 is 1.70 bits per heavy atom. The zero-order chi connectivity index (χ0) is 14.4. The molecule has 2 N–H and O–H groups in total. The van der Waals surface area contributed by atoms with Gasteiger partial charge >= 0.3 is 0 Å². The largest absolute Gasteiger partial charge is 0.327 e. The lowest BCUT2D eigenvalue weighted by molar-refractivity contribution is 0.562. The molecule has 0 aromatic heterocycles. The molecule has 0 saturated heterocycles. The molecule has 1 nitrogen and oxygen atoms in total. The first-order valence-corrected chi connectivity index (χ1v) is 7.67. The van der Waals surface area contributed by atoms with Gasteiger partial charge in [-0.2, -0.15) is 0 Å². The smallest absolute Gasteiger partial charge is 0.0175 e. The Labute approximate surface area is 129 Å². The van der Waals surface area contributed by atoms with Gasteiger partial charge in [-0.15, -0.1) is 6.58 Å². The zero-order valence-corrected chi connectivity index (χ0v) is 13.1. The average Bonchev–Trinajstić information content (AvgIpc) is 2.49. The molecule has 104 valence electrons. The van der Waals surface area contributed by atoms with Gasteiger partial charge in [0.05, 0.1) is 0 Å². The van der Waals surface area contributed by atoms with E-state index in [2.05, 4.69) is 71.0 Å². The zero-order valence-electron chi connectivity index (χ0n) is 11.5. The minimum Gasteiger partial charge on any atom is -0.327 e. The van der Waals surface area contributed by atoms with Crippen LogP contribution >= 0.6 is 15.9 Å². The monoisotopic (exact) mass is 329 g/mol. The molecule has 0 saturated carbocycles. The van der Waals surface area contributed by atoms with Crippen molar-refractivity contribution in [2.24, 2.45) is 5.73 Å². The lowest BCUT2D eigenvalue weighted by Crippen LogP contribution is -2.27. The van der Waals surface area contributed by atoms with Gasteiger partial charge in [-0.05, 0) is 36.1 Å². The number of rotatable bonds is 6. The molecular formula is C18H20BrN. The van der Waals surface area contributed by atoms with Crippen LogP contribution in [0.4, 0.5) is 0 Å². The predicted molar refractivity (Wildman–Crippen MR) is 89.8 cm³/mol. The molecule has 0 unspecified atom stereocenters. The van der Waals surface area contributed by atoms with Crippen molar-refractivity contribution in [2.45, 2.75) is 24.8 Å². The van der Waals surface area contributed by atoms with E-state index < -0.39 is 0 Å². The summed E-state index contributed by atoms with van der Waals surface area (Å²) in [6, 6.07) is 18.9. The van der Waals surface area contributed by atoms with Crippen LogP contribution in [0.3, 0.4) is 0 Å². The maximum Gasteiger partial charge on any atom is 0.0175 e. The summed E-state index contributed by atoms with van der Waals surface area (Å²) in [6.45, 7) is 3.94. The fourth-order valence-electron chi connectivity index (χ4n) is 2.40. The first-order chi connectivity index (χ1) is 9.70. The van der Waals surface area contributed by atoms with Crippen LogP contribution in [-0.4, -0.2) is 6.04 Å². The van der Waals surface area contributed by atoms with Crippen molar-refractivity contribution in [3.8, 4) is 0 Å². The van der Waals surface area contributed by atoms with Crippen LogP contribution in [0.5, 0.6) is 0 Å². The summed E-state index contributed by atoms with van der Waals surface area (Å²) in [7, 11) is 0. The number of nitrogens with two attached hydrogens (primary N) is 1. The molecule has 20 heavy (non-hydrogen) atoms. The van der Waals surface area contributed by atoms with Gasteiger partial charge in [-0.25, -0.2) is 0 Å². The van der Waals surface area contributed by atoms with Crippen LogP contribution in [-0.2, 0) is 6.42 Å². The molecule has 0 fully saturated rings. The van der Waals surface area contributed by atoms with Crippen molar-refractivity contribution in [3.63, 3.8) is 0 Å². The minimum atomic E-state index is 0.0916. The molecule has 0 bridgehead atoms. The molecule has 0 aliphatic heterocycles. The van der Waals surface area contributed by atoms with Crippen molar-refractivity contribution in [2.75, 3.05) is 0 Å². The summed E-state index contributed by atoms with van der Waals surface area (Å²) in [5.41, 5.74) is 8.92. The molecule has 0 heterocycles. The standard InChI is InChI=1S/C18H20BrN/c1-2-17(15-9-11-16(19)12-10-15)18(20)13-8-14-6-4-3-5-7-14/h2-7,9-12,17-18H,1,8,13,20H2/t17-,18+/m1/s1. The molecule has 2 heteroatoms. The first-order valence-electron chi connectivity index (χ1n) is 6.88. The third-order valence-electron chi connectivity index (χ3n) is 3.58. The predicted octanol–water partition coefficient (Wildman–Crippen LogP) is 4.68. The summed E-state index contributed by atoms with van der Waals surface area (Å²) in [5.74, 6) is 0.201. The van der Waals surface area contributed by atoms with E-state index in [0.717, 1.165) is 17.3 Å². The third kappa shape index (κ3) is 4.06. The number of halogens is 1. The van der Waals surface area contributed by atoms with Gasteiger partial charge in [0.15, 0.2) is 0 Å². The summed E-state index contributed by atoms with van der Waals surface area (Å²) >= 11 is 3.46. The maximum absolute atomic E-state index is 6.36. The van der Waals surface area contributed by atoms with Crippen LogP contribution in [0.2, 0.25) is 0 Å². The van der Waals surface area contributed by atoms with Crippen molar-refractivity contribution >= 4 is 15.9 Å². The summed E-state index contributed by atoms with van der Waals surface area (Å²) in [5, 5.41) is 0. The number of hydrogen-bond donors (Lipinski definition) is 1. The highest BCUT2D eigenvalue weighted by Gasteiger charge is 2.16. The van der Waals surface area contributed by atoms with Crippen LogP contribution in [0.1, 0.15) is 23.5 Å². The first kappa shape index (κ1) is 15.0. The van der Waals surface area contributed by atoms with E-state index in [1.807, 2.05) is 12.1 Å². The van der Waals surface area contributed by atoms with Gasteiger partial charge in [-0.1, -0.05) is 64.5 Å². The van der Waals surface area contributed by atoms with Gasteiger partial charge < -0.3 is 5.73 Å². The van der Waals surface area contributed by atoms with Crippen LogP contribution in [0.15, 0.2) is 71.7 Å². The van der Waals surface area contributed by atoms with Crippen molar-refractivity contribution in [3.05, 3.63) is 82.9 Å². The van der Waals surface area contributed by atoms with Gasteiger partial charge in [0.25, 0.3) is 0 Å². The maximum atomic E-state index is 6.36. The fourth-order valence-corrected chi connectivity index (χ4v) is 2.66. The molecule has 2 aromatic carbocycles. The van der Waals surface area contributed by atoms with E-state index in [1.54, 1.807) is 0 Å². The van der Waals surface area contributed by atoms with E-state index >= 15 is 0 Å². The molecule has 0 radical (unpaired) electrons. The molecule has 2 atom stereocenters. The van der Waals surface area contributed by atoms with Gasteiger partial charge in [0, 0.05) is 16.4 Å². The Kier molecular flexibility index (Phi) is 5.57. The van der Waals surface area contributed by atoms with E-state index in [-0.39, 0.29) is 12.0 Å². The summed E-state index contributed by atoms with van der Waals surface area (Å²) < 4.78 is 1.09. The Morgan fingerprint density at radius 1 is 1.05 bits per heavy atom. The molecule has 0 aliphatic rings. The van der Waals surface area contributed by atoms with Crippen LogP contribution < -0.4 is 5.73 Å². The van der Waals surface area contributed by atoms with Gasteiger partial charge in [-0.3, -0.25) is 0 Å². The van der Waals surface area contributed by atoms with Crippen molar-refractivity contribution < 1.29 is 0 Å². The lowest BCUT2D eigenvalue weighted by atomic mass is 9.88. The highest BCUT2D eigenvalue weighted by atomic mass is 79.9. The summed E-state index contributed by atoms with van der Waals surface area (Å²) in [6.07, 6.45) is 3.92. The Hall–Kier alpha value is -1.38. The normalized spacial score (nSPS) is 13.7. The molecule has 2 aromatic rings. The number of benzene rings is 2. The lowest BCUT2D eigenvalue weighted by Gasteiger charge is -2.21. The van der Waals surface area contributed by atoms with Gasteiger partial charge in [0.2, 0.25) is 0 Å². The number of hydrogen-bond acceptors (Lipinski definition) is 1.